The van der Waals surface area contributed by atoms with Gasteiger partial charge in [0.15, 0.2) is 16.7 Å². The molecule has 180 valence electrons. The van der Waals surface area contributed by atoms with E-state index in [0.717, 1.165) is 22.4 Å². The third-order valence-electron chi connectivity index (χ3n) is 4.93. The van der Waals surface area contributed by atoms with Crippen LogP contribution < -0.4 is 14.8 Å². The number of nitrogens with one attached hydrogen (secondary N) is 1. The van der Waals surface area contributed by atoms with Crippen LogP contribution in [0.3, 0.4) is 0 Å². The van der Waals surface area contributed by atoms with Gasteiger partial charge in [0.2, 0.25) is 0 Å². The maximum Gasteiger partial charge on any atom is 0.264 e. The lowest BCUT2D eigenvalue weighted by Crippen LogP contribution is -2.19. The van der Waals surface area contributed by atoms with Crippen molar-refractivity contribution in [2.45, 2.75) is 20.5 Å². The lowest BCUT2D eigenvalue weighted by atomic mass is 10.1. The number of carbonyl (C=O) groups excluding carboxylic acids is 1. The van der Waals surface area contributed by atoms with E-state index in [2.05, 4.69) is 26.2 Å². The van der Waals surface area contributed by atoms with Crippen LogP contribution in [-0.2, 0) is 11.4 Å². The zero-order valence-electron chi connectivity index (χ0n) is 18.9. The highest BCUT2D eigenvalue weighted by atomic mass is 79.9. The molecule has 1 heterocycles. The van der Waals surface area contributed by atoms with Crippen molar-refractivity contribution >= 4 is 73.7 Å². The lowest BCUT2D eigenvalue weighted by molar-refractivity contribution is -0.115. The number of hydrogen-bond acceptors (Lipinski definition) is 5. The number of rotatable bonds is 7. The van der Waals surface area contributed by atoms with Gasteiger partial charge in [-0.05, 0) is 89.6 Å². The molecule has 3 aromatic carbocycles. The Balaban J connectivity index is 1.56. The van der Waals surface area contributed by atoms with E-state index < -0.39 is 0 Å². The van der Waals surface area contributed by atoms with Crippen molar-refractivity contribution in [1.29, 1.82) is 0 Å². The summed E-state index contributed by atoms with van der Waals surface area (Å²) in [5.74, 6) is 0.897. The van der Waals surface area contributed by atoms with Crippen molar-refractivity contribution in [2.75, 3.05) is 6.61 Å². The Morgan fingerprint density at radius 2 is 1.86 bits per heavy atom. The van der Waals surface area contributed by atoms with E-state index in [9.17, 15) is 4.79 Å². The van der Waals surface area contributed by atoms with E-state index in [-0.39, 0.29) is 12.5 Å². The van der Waals surface area contributed by atoms with E-state index >= 15 is 0 Å². The molecule has 9 heteroatoms. The molecule has 4 rings (SSSR count). The Labute approximate surface area is 226 Å². The molecule has 0 unspecified atom stereocenters. The number of carbonyl (C=O) groups is 1. The Kier molecular flexibility index (Phi) is 8.44. The average Bonchev–Trinajstić information content (AvgIpc) is 3.14. The average molecular weight is 592 g/mol. The zero-order chi connectivity index (χ0) is 24.9. The van der Waals surface area contributed by atoms with Crippen LogP contribution in [0.2, 0.25) is 10.0 Å². The summed E-state index contributed by atoms with van der Waals surface area (Å²) >= 11 is 17.1. The predicted molar refractivity (Wildman–Crippen MR) is 148 cm³/mol. The second-order valence-corrected chi connectivity index (χ2v) is 10.3. The first kappa shape index (κ1) is 25.6. The van der Waals surface area contributed by atoms with Gasteiger partial charge in [-0.15, -0.1) is 0 Å². The van der Waals surface area contributed by atoms with Crippen LogP contribution in [0.1, 0.15) is 23.6 Å². The molecule has 1 fully saturated rings. The SMILES string of the molecule is CCOc1cc(/C=C2/SC(=Nc3ccc(C)cc3)NC2=O)cc(Br)c1OCc1ccc(Cl)cc1Cl. The maximum absolute atomic E-state index is 12.5. The van der Waals surface area contributed by atoms with Crippen LogP contribution in [0, 0.1) is 6.92 Å². The number of halogens is 3. The van der Waals surface area contributed by atoms with Crippen molar-refractivity contribution in [1.82, 2.24) is 5.32 Å². The molecule has 0 radical (unpaired) electrons. The topological polar surface area (TPSA) is 59.9 Å². The van der Waals surface area contributed by atoms with Crippen molar-refractivity contribution < 1.29 is 14.3 Å². The van der Waals surface area contributed by atoms with E-state index in [0.29, 0.717) is 42.7 Å². The molecule has 35 heavy (non-hydrogen) atoms. The van der Waals surface area contributed by atoms with Gasteiger partial charge in [0.05, 0.1) is 21.7 Å². The highest BCUT2D eigenvalue weighted by molar-refractivity contribution is 9.10. The van der Waals surface area contributed by atoms with Crippen molar-refractivity contribution in [3.05, 3.63) is 90.7 Å². The number of amidine groups is 1. The van der Waals surface area contributed by atoms with Gasteiger partial charge in [-0.3, -0.25) is 4.79 Å². The molecular weight excluding hydrogens is 571 g/mol. The van der Waals surface area contributed by atoms with Gasteiger partial charge in [0, 0.05) is 15.6 Å². The molecule has 1 saturated heterocycles. The van der Waals surface area contributed by atoms with Crippen molar-refractivity contribution in [3.8, 4) is 11.5 Å². The third kappa shape index (κ3) is 6.61. The summed E-state index contributed by atoms with van der Waals surface area (Å²) in [6.07, 6.45) is 1.80. The Morgan fingerprint density at radius 1 is 1.09 bits per heavy atom. The predicted octanol–water partition coefficient (Wildman–Crippen LogP) is 7.93. The summed E-state index contributed by atoms with van der Waals surface area (Å²) < 4.78 is 12.6. The number of benzene rings is 3. The molecule has 5 nitrogen and oxygen atoms in total. The number of amides is 1. The molecule has 1 amide bonds. The maximum atomic E-state index is 12.5. The quantitative estimate of drug-likeness (QED) is 0.283. The highest BCUT2D eigenvalue weighted by Gasteiger charge is 2.24. The molecule has 0 aliphatic carbocycles. The summed E-state index contributed by atoms with van der Waals surface area (Å²) in [5.41, 5.74) is 3.52. The zero-order valence-corrected chi connectivity index (χ0v) is 22.8. The van der Waals surface area contributed by atoms with Gasteiger partial charge in [-0.1, -0.05) is 47.0 Å². The fraction of sp³-hybridized carbons (Fsp3) is 0.154. The van der Waals surface area contributed by atoms with Crippen molar-refractivity contribution in [3.63, 3.8) is 0 Å². The molecule has 1 aliphatic rings. The minimum absolute atomic E-state index is 0.201. The van der Waals surface area contributed by atoms with E-state index in [1.54, 1.807) is 18.2 Å². The molecular formula is C26H21BrCl2N2O3S. The molecule has 0 saturated carbocycles. The summed E-state index contributed by atoms with van der Waals surface area (Å²) in [5, 5.41) is 4.44. The molecule has 1 aliphatic heterocycles. The van der Waals surface area contributed by atoms with E-state index in [1.165, 1.54) is 11.8 Å². The molecule has 0 atom stereocenters. The molecule has 0 spiro atoms. The minimum atomic E-state index is -0.201. The van der Waals surface area contributed by atoms with Crippen LogP contribution in [0.15, 0.2) is 69.0 Å². The Bertz CT molecular complexity index is 1330. The molecule has 0 aromatic heterocycles. The number of aryl methyl sites for hydroxylation is 1. The van der Waals surface area contributed by atoms with Crippen LogP contribution >= 0.6 is 50.9 Å². The minimum Gasteiger partial charge on any atom is -0.490 e. The van der Waals surface area contributed by atoms with Crippen molar-refractivity contribution in [2.24, 2.45) is 4.99 Å². The van der Waals surface area contributed by atoms with Crippen LogP contribution in [-0.4, -0.2) is 17.7 Å². The molecule has 1 N–H and O–H groups in total. The highest BCUT2D eigenvalue weighted by Crippen LogP contribution is 2.39. The van der Waals surface area contributed by atoms with E-state index in [4.69, 9.17) is 32.7 Å². The second kappa shape index (κ2) is 11.5. The van der Waals surface area contributed by atoms with Crippen LogP contribution in [0.5, 0.6) is 11.5 Å². The second-order valence-electron chi connectivity index (χ2n) is 7.60. The summed E-state index contributed by atoms with van der Waals surface area (Å²) in [7, 11) is 0. The Morgan fingerprint density at radius 3 is 2.57 bits per heavy atom. The third-order valence-corrected chi connectivity index (χ3v) is 7.02. The van der Waals surface area contributed by atoms with Gasteiger partial charge in [-0.2, -0.15) is 0 Å². The first-order valence-corrected chi connectivity index (χ1v) is 13.1. The first-order valence-electron chi connectivity index (χ1n) is 10.7. The number of aliphatic imine (C=N–C) groups is 1. The summed E-state index contributed by atoms with van der Waals surface area (Å²) in [4.78, 5) is 17.6. The largest absolute Gasteiger partial charge is 0.490 e. The standard InChI is InChI=1S/C26H21BrCl2N2O3S/c1-3-33-22-11-16(10-20(27)24(22)34-14-17-6-7-18(28)13-21(17)29)12-23-25(32)31-26(35-23)30-19-8-4-15(2)5-9-19/h4-13H,3,14H2,1-2H3,(H,30,31,32)/b23-12+. The van der Waals surface area contributed by atoms with Gasteiger partial charge < -0.3 is 14.8 Å². The smallest absolute Gasteiger partial charge is 0.264 e. The number of ether oxygens (including phenoxy) is 2. The normalized spacial score (nSPS) is 15.5. The fourth-order valence-corrected chi connectivity index (χ4v) is 5.11. The number of nitrogens with zero attached hydrogens (tertiary/aromatic N) is 1. The number of thioether (sulfide) groups is 1. The number of hydrogen-bond donors (Lipinski definition) is 1. The van der Waals surface area contributed by atoms with Gasteiger partial charge in [0.1, 0.15) is 6.61 Å². The summed E-state index contributed by atoms with van der Waals surface area (Å²) in [6, 6.07) is 16.8. The Hall–Kier alpha value is -2.45. The van der Waals surface area contributed by atoms with E-state index in [1.807, 2.05) is 56.3 Å². The molecule has 0 bridgehead atoms. The monoisotopic (exact) mass is 590 g/mol. The lowest BCUT2D eigenvalue weighted by Gasteiger charge is -2.15. The first-order chi connectivity index (χ1) is 16.8. The van der Waals surface area contributed by atoms with Crippen LogP contribution in [0.25, 0.3) is 6.08 Å². The summed E-state index contributed by atoms with van der Waals surface area (Å²) in [6.45, 7) is 4.61. The van der Waals surface area contributed by atoms with Gasteiger partial charge in [0.25, 0.3) is 5.91 Å². The van der Waals surface area contributed by atoms with Crippen LogP contribution in [0.4, 0.5) is 5.69 Å². The van der Waals surface area contributed by atoms with Gasteiger partial charge in [-0.25, -0.2) is 4.99 Å². The molecule has 3 aromatic rings. The fourth-order valence-electron chi connectivity index (χ4n) is 3.23. The van der Waals surface area contributed by atoms with Gasteiger partial charge >= 0.3 is 0 Å².